The second-order valence-electron chi connectivity index (χ2n) is 5.54. The van der Waals surface area contributed by atoms with Crippen LogP contribution in [0.2, 0.25) is 0 Å². The molecular weight excluding hydrogens is 351 g/mol. The number of ether oxygens (including phenoxy) is 1. The van der Waals surface area contributed by atoms with Crippen molar-refractivity contribution < 1.29 is 9.53 Å². The summed E-state index contributed by atoms with van der Waals surface area (Å²) in [5, 5.41) is 0. The van der Waals surface area contributed by atoms with Gasteiger partial charge in [-0.2, -0.15) is 0 Å². The maximum Gasteiger partial charge on any atom is 0.319 e. The molecule has 2 nitrogen and oxygen atoms in total. The van der Waals surface area contributed by atoms with E-state index in [1.165, 1.54) is 5.57 Å². The quantitative estimate of drug-likeness (QED) is 0.294. The number of carbonyl (C=O) groups is 1. The van der Waals surface area contributed by atoms with E-state index >= 15 is 0 Å². The van der Waals surface area contributed by atoms with Gasteiger partial charge in [-0.25, -0.2) is 0 Å². The number of hydrogen-bond acceptors (Lipinski definition) is 2. The fourth-order valence-electron chi connectivity index (χ4n) is 2.32. The Hall–Kier alpha value is -0.580. The van der Waals surface area contributed by atoms with E-state index < -0.39 is 0 Å². The fourth-order valence-corrected chi connectivity index (χ4v) is 3.44. The van der Waals surface area contributed by atoms with Crippen molar-refractivity contribution in [2.45, 2.75) is 50.1 Å². The van der Waals surface area contributed by atoms with Gasteiger partial charge in [0.2, 0.25) is 0 Å². The monoisotopic (exact) mass is 374 g/mol. The number of rotatable bonds is 6. The fraction of sp³-hybridized carbons (Fsp3) is 0.562. The summed E-state index contributed by atoms with van der Waals surface area (Å²) in [6.07, 6.45) is 4.76. The summed E-state index contributed by atoms with van der Waals surface area (Å²) in [6, 6.07) is 0. The number of halogens is 1. The van der Waals surface area contributed by atoms with Crippen molar-refractivity contribution in [3.63, 3.8) is 0 Å². The predicted octanol–water partition coefficient (Wildman–Crippen LogP) is 4.60. The second kappa shape index (κ2) is 7.27. The summed E-state index contributed by atoms with van der Waals surface area (Å²) in [5.74, 6) is 0.00979. The smallest absolute Gasteiger partial charge is 0.319 e. The molecule has 0 N–H and O–H groups in total. The summed E-state index contributed by atoms with van der Waals surface area (Å²) in [4.78, 5) is 11.8. The van der Waals surface area contributed by atoms with Crippen LogP contribution >= 0.6 is 22.6 Å². The van der Waals surface area contributed by atoms with Crippen molar-refractivity contribution in [1.29, 1.82) is 0 Å². The molecule has 0 radical (unpaired) electrons. The van der Waals surface area contributed by atoms with Gasteiger partial charge in [-0.3, -0.25) is 4.79 Å². The molecule has 0 aromatic rings. The number of alkyl halides is 1. The van der Waals surface area contributed by atoms with Gasteiger partial charge in [0.15, 0.2) is 0 Å². The second-order valence-corrected chi connectivity index (χ2v) is 6.88. The summed E-state index contributed by atoms with van der Waals surface area (Å²) in [5.41, 5.74) is 3.48. The van der Waals surface area contributed by atoms with Crippen molar-refractivity contribution in [1.82, 2.24) is 0 Å². The summed E-state index contributed by atoms with van der Waals surface area (Å²) in [7, 11) is 0. The van der Waals surface area contributed by atoms with Gasteiger partial charge in [-0.05, 0) is 33.6 Å². The molecule has 1 heterocycles. The molecule has 19 heavy (non-hydrogen) atoms. The number of esters is 1. The first-order valence-corrected chi connectivity index (χ1v) is 7.87. The highest BCUT2D eigenvalue weighted by Crippen LogP contribution is 2.38. The molecule has 0 aromatic carbocycles. The first-order valence-electron chi connectivity index (χ1n) is 6.63. The van der Waals surface area contributed by atoms with Gasteiger partial charge in [-0.15, -0.1) is 6.58 Å². The zero-order chi connectivity index (χ0) is 14.6. The minimum Gasteiger partial charge on any atom is -0.461 e. The molecule has 3 atom stereocenters. The average molecular weight is 374 g/mol. The minimum absolute atomic E-state index is 0.0777. The van der Waals surface area contributed by atoms with Crippen LogP contribution in [-0.4, -0.2) is 16.0 Å². The van der Waals surface area contributed by atoms with E-state index in [-0.39, 0.29) is 21.9 Å². The molecule has 3 heteroatoms. The van der Waals surface area contributed by atoms with Crippen LogP contribution in [0.1, 0.15) is 40.0 Å². The predicted molar refractivity (Wildman–Crippen MR) is 88.4 cm³/mol. The van der Waals surface area contributed by atoms with Gasteiger partial charge < -0.3 is 4.74 Å². The van der Waals surface area contributed by atoms with Gasteiger partial charge >= 0.3 is 5.97 Å². The Bertz CT molecular complexity index is 403. The highest BCUT2D eigenvalue weighted by atomic mass is 127. The molecule has 1 rings (SSSR count). The van der Waals surface area contributed by atoms with E-state index in [4.69, 9.17) is 4.74 Å². The molecule has 1 unspecified atom stereocenters. The number of carbonyl (C=O) groups excluding carboxylic acids is 1. The van der Waals surface area contributed by atoms with Crippen molar-refractivity contribution in [3.05, 3.63) is 36.0 Å². The van der Waals surface area contributed by atoms with Gasteiger partial charge in [0.1, 0.15) is 10.0 Å². The first-order chi connectivity index (χ1) is 8.82. The zero-order valence-electron chi connectivity index (χ0n) is 12.0. The van der Waals surface area contributed by atoms with Gasteiger partial charge in [0.25, 0.3) is 0 Å². The lowest BCUT2D eigenvalue weighted by Crippen LogP contribution is -2.23. The Morgan fingerprint density at radius 3 is 2.53 bits per heavy atom. The Labute approximate surface area is 130 Å². The SMILES string of the molecule is C=C(C)C[C@H]1OC(=O)C(I)[C@@H]1C(=C)CCC=C(C)C. The Kier molecular flexibility index (Phi) is 6.30. The van der Waals surface area contributed by atoms with E-state index in [2.05, 4.69) is 55.7 Å². The minimum atomic E-state index is -0.111. The topological polar surface area (TPSA) is 26.3 Å². The maximum absolute atomic E-state index is 11.8. The van der Waals surface area contributed by atoms with Gasteiger partial charge in [0.05, 0.1) is 0 Å². The lowest BCUT2D eigenvalue weighted by atomic mass is 9.87. The van der Waals surface area contributed by atoms with Crippen LogP contribution in [0, 0.1) is 5.92 Å². The van der Waals surface area contributed by atoms with Crippen LogP contribution in [0.4, 0.5) is 0 Å². The molecule has 106 valence electrons. The molecule has 0 aliphatic carbocycles. The number of cyclic esters (lactones) is 1. The third-order valence-electron chi connectivity index (χ3n) is 3.25. The third kappa shape index (κ3) is 4.79. The van der Waals surface area contributed by atoms with E-state index in [0.717, 1.165) is 30.4 Å². The molecule has 1 fully saturated rings. The van der Waals surface area contributed by atoms with Crippen molar-refractivity contribution in [3.8, 4) is 0 Å². The first kappa shape index (κ1) is 16.5. The number of allylic oxidation sites excluding steroid dienone is 2. The normalized spacial score (nSPS) is 25.9. The lowest BCUT2D eigenvalue weighted by Gasteiger charge is -2.21. The summed E-state index contributed by atoms with van der Waals surface area (Å²) in [6.45, 7) is 14.3. The van der Waals surface area contributed by atoms with Crippen LogP contribution in [0.3, 0.4) is 0 Å². The lowest BCUT2D eigenvalue weighted by molar-refractivity contribution is -0.140. The Morgan fingerprint density at radius 1 is 1.37 bits per heavy atom. The molecule has 0 amide bonds. The van der Waals surface area contributed by atoms with E-state index in [1.807, 2.05) is 6.92 Å². The van der Waals surface area contributed by atoms with Crippen molar-refractivity contribution >= 4 is 28.6 Å². The Balaban J connectivity index is 2.70. The average Bonchev–Trinajstić information content (AvgIpc) is 2.52. The number of hydrogen-bond donors (Lipinski definition) is 0. The standard InChI is InChI=1S/C16H23IO2/c1-10(2)7-6-8-12(5)14-13(9-11(3)4)19-16(18)15(14)17/h7,13-15H,3,5-6,8-9H2,1-2,4H3/t13-,14-,15?/m1/s1. The molecule has 1 aliphatic heterocycles. The molecule has 1 saturated heterocycles. The third-order valence-corrected chi connectivity index (χ3v) is 4.53. The Morgan fingerprint density at radius 2 is 2.00 bits per heavy atom. The van der Waals surface area contributed by atoms with Crippen molar-refractivity contribution in [2.75, 3.05) is 0 Å². The molecule has 1 aliphatic rings. The zero-order valence-corrected chi connectivity index (χ0v) is 14.2. The maximum atomic E-state index is 11.8. The van der Waals surface area contributed by atoms with Crippen LogP contribution in [0.5, 0.6) is 0 Å². The molecular formula is C16H23IO2. The highest BCUT2D eigenvalue weighted by Gasteiger charge is 2.43. The molecule has 0 spiro atoms. The summed E-state index contributed by atoms with van der Waals surface area (Å²) < 4.78 is 5.35. The van der Waals surface area contributed by atoms with Crippen LogP contribution in [-0.2, 0) is 9.53 Å². The van der Waals surface area contributed by atoms with Gasteiger partial charge in [-0.1, -0.05) is 52.0 Å². The van der Waals surface area contributed by atoms with Crippen molar-refractivity contribution in [2.24, 2.45) is 5.92 Å². The van der Waals surface area contributed by atoms with E-state index in [1.54, 1.807) is 0 Å². The highest BCUT2D eigenvalue weighted by molar-refractivity contribution is 14.1. The van der Waals surface area contributed by atoms with E-state index in [0.29, 0.717) is 0 Å². The molecule has 0 saturated carbocycles. The van der Waals surface area contributed by atoms with Crippen LogP contribution in [0.15, 0.2) is 36.0 Å². The van der Waals surface area contributed by atoms with Crippen LogP contribution < -0.4 is 0 Å². The summed E-state index contributed by atoms with van der Waals surface area (Å²) >= 11 is 2.18. The van der Waals surface area contributed by atoms with E-state index in [9.17, 15) is 4.79 Å². The molecule has 0 aromatic heterocycles. The van der Waals surface area contributed by atoms with Crippen LogP contribution in [0.25, 0.3) is 0 Å². The molecule has 0 bridgehead atoms. The largest absolute Gasteiger partial charge is 0.461 e. The van der Waals surface area contributed by atoms with Gasteiger partial charge in [0, 0.05) is 12.3 Å².